The van der Waals surface area contributed by atoms with E-state index in [9.17, 15) is 18.0 Å². The van der Waals surface area contributed by atoms with Gasteiger partial charge in [-0.05, 0) is 23.3 Å². The molecule has 27 heavy (non-hydrogen) atoms. The van der Waals surface area contributed by atoms with Crippen LogP contribution in [-0.4, -0.2) is 47.1 Å². The number of halogens is 3. The van der Waals surface area contributed by atoms with Gasteiger partial charge < -0.3 is 15.0 Å². The Balaban J connectivity index is 1.68. The molecule has 1 aromatic heterocycles. The lowest BCUT2D eigenvalue weighted by Crippen LogP contribution is -2.35. The van der Waals surface area contributed by atoms with Crippen LogP contribution in [-0.2, 0) is 18.4 Å². The molecule has 1 aliphatic heterocycles. The minimum Gasteiger partial charge on any atom is -0.406 e. The molecule has 3 rings (SSSR count). The van der Waals surface area contributed by atoms with Gasteiger partial charge in [0.25, 0.3) is 0 Å². The first-order valence-corrected chi connectivity index (χ1v) is 8.52. The van der Waals surface area contributed by atoms with Crippen LogP contribution in [0.1, 0.15) is 17.0 Å². The van der Waals surface area contributed by atoms with Crippen LogP contribution < -0.4 is 10.1 Å². The van der Waals surface area contributed by atoms with Gasteiger partial charge in [-0.25, -0.2) is 0 Å². The van der Waals surface area contributed by atoms with Gasteiger partial charge in [-0.3, -0.25) is 9.48 Å². The number of hydrogen-bond acceptors (Lipinski definition) is 4. The Labute approximate surface area is 154 Å². The van der Waals surface area contributed by atoms with Crippen molar-refractivity contribution in [1.29, 1.82) is 0 Å². The van der Waals surface area contributed by atoms with Crippen molar-refractivity contribution in [2.75, 3.05) is 20.1 Å². The molecule has 2 atom stereocenters. The Hall–Kier alpha value is -2.55. The average Bonchev–Trinajstić information content (AvgIpc) is 3.21. The lowest BCUT2D eigenvalue weighted by Gasteiger charge is -2.24. The maximum Gasteiger partial charge on any atom is 0.573 e. The second-order valence-electron chi connectivity index (χ2n) is 6.71. The van der Waals surface area contributed by atoms with Crippen LogP contribution >= 0.6 is 0 Å². The topological polar surface area (TPSA) is 59.4 Å². The predicted molar refractivity (Wildman–Crippen MR) is 91.9 cm³/mol. The summed E-state index contributed by atoms with van der Waals surface area (Å²) in [6.07, 6.45) is -1.08. The molecule has 1 N–H and O–H groups in total. The first kappa shape index (κ1) is 19.2. The van der Waals surface area contributed by atoms with Crippen molar-refractivity contribution in [3.05, 3.63) is 47.8 Å². The number of carbonyl (C=O) groups excluding carboxylic acids is 1. The molecule has 0 spiro atoms. The number of benzene rings is 1. The van der Waals surface area contributed by atoms with Gasteiger partial charge >= 0.3 is 6.36 Å². The van der Waals surface area contributed by atoms with Crippen LogP contribution in [0.25, 0.3) is 0 Å². The quantitative estimate of drug-likeness (QED) is 0.862. The summed E-state index contributed by atoms with van der Waals surface area (Å²) in [6, 6.07) is 5.67. The highest BCUT2D eigenvalue weighted by Crippen LogP contribution is 2.30. The van der Waals surface area contributed by atoms with Crippen molar-refractivity contribution in [1.82, 2.24) is 20.0 Å². The number of ether oxygens (including phenoxy) is 1. The molecule has 1 amide bonds. The Morgan fingerprint density at radius 1 is 1.41 bits per heavy atom. The van der Waals surface area contributed by atoms with E-state index < -0.39 is 6.36 Å². The van der Waals surface area contributed by atoms with E-state index in [-0.39, 0.29) is 30.0 Å². The van der Waals surface area contributed by atoms with Gasteiger partial charge in [-0.15, -0.1) is 13.2 Å². The number of carbonyl (C=O) groups is 1. The number of aryl methyl sites for hydroxylation is 1. The third-order valence-electron chi connectivity index (χ3n) is 4.61. The molecular formula is C18H21F3N4O2. The highest BCUT2D eigenvalue weighted by molar-refractivity contribution is 5.80. The largest absolute Gasteiger partial charge is 0.573 e. The summed E-state index contributed by atoms with van der Waals surface area (Å²) in [6.45, 7) is 1.44. The fourth-order valence-corrected chi connectivity index (χ4v) is 3.40. The zero-order chi connectivity index (χ0) is 19.6. The van der Waals surface area contributed by atoms with Crippen molar-refractivity contribution >= 4 is 5.91 Å². The molecule has 1 aromatic carbocycles. The van der Waals surface area contributed by atoms with Crippen molar-refractivity contribution in [3.8, 4) is 5.75 Å². The molecule has 1 saturated heterocycles. The Morgan fingerprint density at radius 2 is 2.19 bits per heavy atom. The fourth-order valence-electron chi connectivity index (χ4n) is 3.40. The lowest BCUT2D eigenvalue weighted by atomic mass is 9.90. The van der Waals surface area contributed by atoms with Crippen LogP contribution in [0, 0.1) is 5.92 Å². The summed E-state index contributed by atoms with van der Waals surface area (Å²) in [4.78, 5) is 14.4. The molecule has 0 bridgehead atoms. The molecule has 2 heterocycles. The van der Waals surface area contributed by atoms with E-state index in [1.165, 1.54) is 23.1 Å². The summed E-state index contributed by atoms with van der Waals surface area (Å²) in [7, 11) is 3.48. The highest BCUT2D eigenvalue weighted by Gasteiger charge is 2.36. The van der Waals surface area contributed by atoms with Gasteiger partial charge in [0, 0.05) is 45.8 Å². The third-order valence-corrected chi connectivity index (χ3v) is 4.61. The van der Waals surface area contributed by atoms with Gasteiger partial charge in [0.2, 0.25) is 5.91 Å². The Kier molecular flexibility index (Phi) is 5.41. The van der Waals surface area contributed by atoms with E-state index in [0.717, 1.165) is 5.56 Å². The SMILES string of the molecule is CN(Cc1cccc(OC(F)(F)F)c1)C(=O)[C@H]1CNC[C@@H]1c1cnn(C)c1. The van der Waals surface area contributed by atoms with Gasteiger partial charge in [0.05, 0.1) is 12.1 Å². The average molecular weight is 382 g/mol. The maximum atomic E-state index is 12.9. The second kappa shape index (κ2) is 7.59. The van der Waals surface area contributed by atoms with Crippen molar-refractivity contribution in [3.63, 3.8) is 0 Å². The molecule has 0 radical (unpaired) electrons. The number of nitrogens with zero attached hydrogens (tertiary/aromatic N) is 3. The van der Waals surface area contributed by atoms with E-state index in [1.54, 1.807) is 24.0 Å². The Morgan fingerprint density at radius 3 is 2.85 bits per heavy atom. The number of nitrogens with one attached hydrogen (secondary N) is 1. The molecule has 1 aliphatic rings. The molecule has 9 heteroatoms. The Bertz CT molecular complexity index is 806. The van der Waals surface area contributed by atoms with Crippen molar-refractivity contribution in [2.24, 2.45) is 13.0 Å². The van der Waals surface area contributed by atoms with Crippen LogP contribution in [0.15, 0.2) is 36.7 Å². The minimum absolute atomic E-state index is 0.0218. The van der Waals surface area contributed by atoms with E-state index in [0.29, 0.717) is 18.7 Å². The predicted octanol–water partition coefficient (Wildman–Crippen LogP) is 2.28. The summed E-state index contributed by atoms with van der Waals surface area (Å²) >= 11 is 0. The number of hydrogen-bond donors (Lipinski definition) is 1. The number of alkyl halides is 3. The second-order valence-corrected chi connectivity index (χ2v) is 6.71. The zero-order valence-corrected chi connectivity index (χ0v) is 15.0. The molecule has 146 valence electrons. The van der Waals surface area contributed by atoms with E-state index >= 15 is 0 Å². The molecule has 0 unspecified atom stereocenters. The lowest BCUT2D eigenvalue weighted by molar-refractivity contribution is -0.274. The van der Waals surface area contributed by atoms with Crippen LogP contribution in [0.5, 0.6) is 5.75 Å². The van der Waals surface area contributed by atoms with Crippen molar-refractivity contribution in [2.45, 2.75) is 18.8 Å². The van der Waals surface area contributed by atoms with Crippen molar-refractivity contribution < 1.29 is 22.7 Å². The van der Waals surface area contributed by atoms with E-state index in [2.05, 4.69) is 15.2 Å². The molecule has 1 fully saturated rings. The molecule has 0 aliphatic carbocycles. The molecule has 6 nitrogen and oxygen atoms in total. The molecular weight excluding hydrogens is 361 g/mol. The summed E-state index contributed by atoms with van der Waals surface area (Å²) in [5.41, 5.74) is 1.56. The summed E-state index contributed by atoms with van der Waals surface area (Å²) in [5.74, 6) is -0.574. The monoisotopic (exact) mass is 382 g/mol. The summed E-state index contributed by atoms with van der Waals surface area (Å²) in [5, 5.41) is 7.40. The van der Waals surface area contributed by atoms with E-state index in [1.807, 2.05) is 13.2 Å². The highest BCUT2D eigenvalue weighted by atomic mass is 19.4. The zero-order valence-electron chi connectivity index (χ0n) is 15.0. The first-order chi connectivity index (χ1) is 12.7. The normalized spacial score (nSPS) is 19.9. The molecule has 2 aromatic rings. The van der Waals surface area contributed by atoms with E-state index in [4.69, 9.17) is 0 Å². The van der Waals surface area contributed by atoms with Crippen LogP contribution in [0.2, 0.25) is 0 Å². The standard InChI is InChI=1S/C18H21F3N4O2/c1-24(10-12-4-3-5-14(6-12)27-18(19,20)21)17(26)16-9-22-8-15(16)13-7-23-25(2)11-13/h3-7,11,15-16,22H,8-10H2,1-2H3/t15-,16+/m1/s1. The minimum atomic E-state index is -4.74. The van der Waals surface area contributed by atoms with Gasteiger partial charge in [-0.1, -0.05) is 12.1 Å². The third kappa shape index (κ3) is 4.79. The molecule has 0 saturated carbocycles. The van der Waals surface area contributed by atoms with Gasteiger partial charge in [-0.2, -0.15) is 5.10 Å². The first-order valence-electron chi connectivity index (χ1n) is 8.52. The number of aromatic nitrogens is 2. The number of rotatable bonds is 5. The smallest absolute Gasteiger partial charge is 0.406 e. The van der Waals surface area contributed by atoms with Gasteiger partial charge in [0.15, 0.2) is 0 Å². The number of amides is 1. The maximum absolute atomic E-state index is 12.9. The summed E-state index contributed by atoms with van der Waals surface area (Å²) < 4.78 is 42.8. The van der Waals surface area contributed by atoms with Gasteiger partial charge in [0.1, 0.15) is 5.75 Å². The fraction of sp³-hybridized carbons (Fsp3) is 0.444. The van der Waals surface area contributed by atoms with Crippen LogP contribution in [0.3, 0.4) is 0 Å². The van der Waals surface area contributed by atoms with Crippen LogP contribution in [0.4, 0.5) is 13.2 Å².